The summed E-state index contributed by atoms with van der Waals surface area (Å²) in [5.74, 6) is 0.291. The van der Waals surface area contributed by atoms with Crippen LogP contribution in [-0.4, -0.2) is 95.7 Å². The summed E-state index contributed by atoms with van der Waals surface area (Å²) in [4.78, 5) is 42.8. The zero-order valence-electron chi connectivity index (χ0n) is 13.7. The Bertz CT molecular complexity index is 438. The summed E-state index contributed by atoms with van der Waals surface area (Å²) in [7, 11) is 0. The fourth-order valence-electron chi connectivity index (χ4n) is 3.09. The van der Waals surface area contributed by atoms with Gasteiger partial charge in [0.25, 0.3) is 0 Å². The van der Waals surface area contributed by atoms with Crippen LogP contribution in [0.1, 0.15) is 20.8 Å². The molecule has 0 N–H and O–H groups in total. The summed E-state index contributed by atoms with van der Waals surface area (Å²) in [5.41, 5.74) is 0. The highest BCUT2D eigenvalue weighted by Crippen LogP contribution is 2.11. The number of nitrogens with zero attached hydrogens (tertiary/aromatic N) is 4. The van der Waals surface area contributed by atoms with Crippen LogP contribution in [0.25, 0.3) is 0 Å². The fraction of sp³-hybridized carbons (Fsp3) is 0.800. The molecule has 0 aromatic heterocycles. The quantitative estimate of drug-likeness (QED) is 0.672. The van der Waals surface area contributed by atoms with Crippen molar-refractivity contribution in [3.63, 3.8) is 0 Å². The Labute approximate surface area is 131 Å². The van der Waals surface area contributed by atoms with E-state index in [9.17, 15) is 14.4 Å². The van der Waals surface area contributed by atoms with E-state index in [1.807, 2.05) is 16.7 Å². The molecule has 22 heavy (non-hydrogen) atoms. The summed E-state index contributed by atoms with van der Waals surface area (Å²) in [6.45, 7) is 10.4. The summed E-state index contributed by atoms with van der Waals surface area (Å²) in [6.07, 6.45) is 0. The van der Waals surface area contributed by atoms with Crippen LogP contribution in [0.4, 0.5) is 0 Å². The number of rotatable bonds is 2. The molecule has 7 heteroatoms. The molecule has 0 aromatic carbocycles. The molecule has 3 amide bonds. The van der Waals surface area contributed by atoms with Crippen LogP contribution in [0.3, 0.4) is 0 Å². The molecule has 7 nitrogen and oxygen atoms in total. The smallest absolute Gasteiger partial charge is 0.239 e. The normalized spacial score (nSPS) is 21.7. The van der Waals surface area contributed by atoms with Gasteiger partial charge in [-0.25, -0.2) is 0 Å². The number of carbonyl (C=O) groups is 3. The Hall–Kier alpha value is -1.63. The second kappa shape index (κ2) is 7.09. The van der Waals surface area contributed by atoms with Crippen molar-refractivity contribution in [1.29, 1.82) is 0 Å². The summed E-state index contributed by atoms with van der Waals surface area (Å²) in [5, 5.41) is 0. The SMILES string of the molecule is CC(=O)N1CCN(C(=O)C(C)N2CCN(C(C)=O)CC2)CC1. The van der Waals surface area contributed by atoms with Gasteiger partial charge in [-0.2, -0.15) is 0 Å². The van der Waals surface area contributed by atoms with E-state index in [2.05, 4.69) is 4.90 Å². The Morgan fingerprint density at radius 2 is 1.05 bits per heavy atom. The molecule has 124 valence electrons. The van der Waals surface area contributed by atoms with E-state index in [-0.39, 0.29) is 23.8 Å². The van der Waals surface area contributed by atoms with E-state index >= 15 is 0 Å². The zero-order chi connectivity index (χ0) is 16.3. The minimum atomic E-state index is -0.169. The Morgan fingerprint density at radius 3 is 1.45 bits per heavy atom. The topological polar surface area (TPSA) is 64.2 Å². The Morgan fingerprint density at radius 1 is 0.682 bits per heavy atom. The first-order valence-electron chi connectivity index (χ1n) is 7.94. The summed E-state index contributed by atoms with van der Waals surface area (Å²) >= 11 is 0. The van der Waals surface area contributed by atoms with Gasteiger partial charge in [0.2, 0.25) is 17.7 Å². The molecule has 2 aliphatic heterocycles. The van der Waals surface area contributed by atoms with Gasteiger partial charge in [-0.05, 0) is 6.92 Å². The van der Waals surface area contributed by atoms with E-state index in [4.69, 9.17) is 0 Å². The van der Waals surface area contributed by atoms with E-state index < -0.39 is 0 Å². The van der Waals surface area contributed by atoms with Crippen molar-refractivity contribution in [3.05, 3.63) is 0 Å². The third kappa shape index (κ3) is 3.76. The van der Waals surface area contributed by atoms with Crippen molar-refractivity contribution in [1.82, 2.24) is 19.6 Å². The molecule has 2 aliphatic rings. The maximum atomic E-state index is 12.6. The molecule has 2 heterocycles. The first-order chi connectivity index (χ1) is 10.4. The number of carbonyl (C=O) groups excluding carboxylic acids is 3. The number of hydrogen-bond acceptors (Lipinski definition) is 4. The van der Waals surface area contributed by atoms with E-state index in [1.165, 1.54) is 0 Å². The van der Waals surface area contributed by atoms with Gasteiger partial charge in [0.15, 0.2) is 0 Å². The van der Waals surface area contributed by atoms with Crippen LogP contribution >= 0.6 is 0 Å². The molecule has 0 aliphatic carbocycles. The molecule has 1 atom stereocenters. The lowest BCUT2D eigenvalue weighted by molar-refractivity contribution is -0.143. The summed E-state index contributed by atoms with van der Waals surface area (Å²) < 4.78 is 0. The lowest BCUT2D eigenvalue weighted by Gasteiger charge is -2.40. The lowest BCUT2D eigenvalue weighted by Crippen LogP contribution is -2.58. The largest absolute Gasteiger partial charge is 0.340 e. The molecule has 2 saturated heterocycles. The highest BCUT2D eigenvalue weighted by atomic mass is 16.2. The maximum absolute atomic E-state index is 12.6. The van der Waals surface area contributed by atoms with Gasteiger partial charge in [0.05, 0.1) is 6.04 Å². The van der Waals surface area contributed by atoms with Crippen LogP contribution < -0.4 is 0 Å². The molecular weight excluding hydrogens is 284 g/mol. The average molecular weight is 310 g/mol. The molecule has 2 fully saturated rings. The van der Waals surface area contributed by atoms with Gasteiger partial charge in [-0.15, -0.1) is 0 Å². The minimum Gasteiger partial charge on any atom is -0.340 e. The van der Waals surface area contributed by atoms with Gasteiger partial charge in [0.1, 0.15) is 0 Å². The van der Waals surface area contributed by atoms with E-state index in [1.54, 1.807) is 18.7 Å². The number of piperazine rings is 2. The second-order valence-electron chi connectivity index (χ2n) is 6.05. The van der Waals surface area contributed by atoms with Crippen LogP contribution in [-0.2, 0) is 14.4 Å². The van der Waals surface area contributed by atoms with Crippen molar-refractivity contribution in [2.75, 3.05) is 52.4 Å². The zero-order valence-corrected chi connectivity index (χ0v) is 13.7. The standard InChI is InChI=1S/C15H26N4O3/c1-12(16-4-6-17(7-5-16)13(2)20)15(22)19-10-8-18(9-11-19)14(3)21/h12H,4-11H2,1-3H3. The van der Waals surface area contributed by atoms with Crippen molar-refractivity contribution in [3.8, 4) is 0 Å². The lowest BCUT2D eigenvalue weighted by atomic mass is 10.2. The summed E-state index contributed by atoms with van der Waals surface area (Å²) in [6, 6.07) is -0.169. The van der Waals surface area contributed by atoms with Crippen molar-refractivity contribution < 1.29 is 14.4 Å². The molecule has 1 unspecified atom stereocenters. The molecule has 2 rings (SSSR count). The molecular formula is C15H26N4O3. The van der Waals surface area contributed by atoms with Crippen LogP contribution in [0.5, 0.6) is 0 Å². The molecule has 0 bridgehead atoms. The predicted octanol–water partition coefficient (Wildman–Crippen LogP) is -0.770. The van der Waals surface area contributed by atoms with Gasteiger partial charge < -0.3 is 14.7 Å². The average Bonchev–Trinajstić information content (AvgIpc) is 2.53. The van der Waals surface area contributed by atoms with E-state index in [0.29, 0.717) is 39.3 Å². The van der Waals surface area contributed by atoms with Crippen molar-refractivity contribution in [2.45, 2.75) is 26.8 Å². The minimum absolute atomic E-state index is 0.0699. The van der Waals surface area contributed by atoms with Gasteiger partial charge >= 0.3 is 0 Å². The third-order valence-electron chi connectivity index (χ3n) is 4.70. The van der Waals surface area contributed by atoms with Crippen LogP contribution in [0, 0.1) is 0 Å². The van der Waals surface area contributed by atoms with E-state index in [0.717, 1.165) is 13.1 Å². The first kappa shape index (κ1) is 16.7. The second-order valence-corrected chi connectivity index (χ2v) is 6.05. The highest BCUT2D eigenvalue weighted by molar-refractivity contribution is 5.82. The molecule has 0 saturated carbocycles. The van der Waals surface area contributed by atoms with Gasteiger partial charge in [-0.3, -0.25) is 19.3 Å². The van der Waals surface area contributed by atoms with Crippen LogP contribution in [0.2, 0.25) is 0 Å². The highest BCUT2D eigenvalue weighted by Gasteiger charge is 2.31. The number of hydrogen-bond donors (Lipinski definition) is 0. The van der Waals surface area contributed by atoms with Crippen LogP contribution in [0.15, 0.2) is 0 Å². The van der Waals surface area contributed by atoms with Crippen molar-refractivity contribution in [2.24, 2.45) is 0 Å². The Balaban J connectivity index is 1.83. The number of amides is 3. The molecule has 0 spiro atoms. The monoisotopic (exact) mass is 310 g/mol. The predicted molar refractivity (Wildman–Crippen MR) is 82.1 cm³/mol. The van der Waals surface area contributed by atoms with Gasteiger partial charge in [0, 0.05) is 66.2 Å². The van der Waals surface area contributed by atoms with Gasteiger partial charge in [-0.1, -0.05) is 0 Å². The third-order valence-corrected chi connectivity index (χ3v) is 4.70. The first-order valence-corrected chi connectivity index (χ1v) is 7.94. The molecule has 0 radical (unpaired) electrons. The van der Waals surface area contributed by atoms with Crippen molar-refractivity contribution >= 4 is 17.7 Å². The fourth-order valence-corrected chi connectivity index (χ4v) is 3.09. The Kier molecular flexibility index (Phi) is 5.39. The maximum Gasteiger partial charge on any atom is 0.239 e. The molecule has 0 aromatic rings.